The zero-order valence-electron chi connectivity index (χ0n) is 7.00. The molecule has 0 bridgehead atoms. The number of halogens is 2. The molecule has 14 heavy (non-hydrogen) atoms. The van der Waals surface area contributed by atoms with E-state index in [1.165, 1.54) is 6.21 Å². The molecular formula is C8H7BrClN3O. The van der Waals surface area contributed by atoms with Crippen molar-refractivity contribution in [2.24, 2.45) is 10.8 Å². The van der Waals surface area contributed by atoms with Crippen LogP contribution in [-0.4, -0.2) is 12.2 Å². The van der Waals surface area contributed by atoms with E-state index in [1.807, 2.05) is 0 Å². The summed E-state index contributed by atoms with van der Waals surface area (Å²) in [7, 11) is 0. The second-order valence-corrected chi connectivity index (χ2v) is 3.69. The molecule has 1 rings (SSSR count). The van der Waals surface area contributed by atoms with Crippen molar-refractivity contribution in [3.8, 4) is 0 Å². The molecule has 0 aliphatic rings. The molecule has 0 heterocycles. The number of hydrogen-bond donors (Lipinski definition) is 2. The zero-order chi connectivity index (χ0) is 10.6. The molecule has 2 amide bonds. The maximum atomic E-state index is 10.3. The molecular weight excluding hydrogens is 269 g/mol. The monoisotopic (exact) mass is 275 g/mol. The highest BCUT2D eigenvalue weighted by molar-refractivity contribution is 9.10. The Kier molecular flexibility index (Phi) is 3.91. The van der Waals surface area contributed by atoms with Gasteiger partial charge in [0.05, 0.1) is 6.21 Å². The van der Waals surface area contributed by atoms with Crippen LogP contribution in [0, 0.1) is 0 Å². The Hall–Kier alpha value is -1.07. The van der Waals surface area contributed by atoms with E-state index in [0.29, 0.717) is 5.02 Å². The maximum Gasteiger partial charge on any atom is 0.332 e. The van der Waals surface area contributed by atoms with E-state index in [2.05, 4.69) is 26.5 Å². The molecule has 0 atom stereocenters. The zero-order valence-corrected chi connectivity index (χ0v) is 9.34. The molecule has 74 valence electrons. The molecule has 0 saturated heterocycles. The van der Waals surface area contributed by atoms with Crippen LogP contribution in [0.1, 0.15) is 5.56 Å². The van der Waals surface area contributed by atoms with Crippen molar-refractivity contribution >= 4 is 39.8 Å². The highest BCUT2D eigenvalue weighted by Gasteiger charge is 1.97. The molecule has 0 aromatic heterocycles. The quantitative estimate of drug-likeness (QED) is 0.630. The topological polar surface area (TPSA) is 67.5 Å². The predicted molar refractivity (Wildman–Crippen MR) is 59.5 cm³/mol. The van der Waals surface area contributed by atoms with Gasteiger partial charge >= 0.3 is 6.03 Å². The molecule has 6 heteroatoms. The molecule has 0 fully saturated rings. The highest BCUT2D eigenvalue weighted by atomic mass is 79.9. The highest BCUT2D eigenvalue weighted by Crippen LogP contribution is 2.19. The van der Waals surface area contributed by atoms with Gasteiger partial charge in [0.25, 0.3) is 0 Å². The molecule has 0 spiro atoms. The molecule has 3 N–H and O–H groups in total. The summed E-state index contributed by atoms with van der Waals surface area (Å²) in [6, 6.07) is 4.51. The van der Waals surface area contributed by atoms with Crippen molar-refractivity contribution in [2.75, 3.05) is 0 Å². The Morgan fingerprint density at radius 2 is 2.36 bits per heavy atom. The van der Waals surface area contributed by atoms with E-state index < -0.39 is 6.03 Å². The third kappa shape index (κ3) is 3.35. The minimum Gasteiger partial charge on any atom is -0.350 e. The largest absolute Gasteiger partial charge is 0.350 e. The summed E-state index contributed by atoms with van der Waals surface area (Å²) >= 11 is 9.03. The van der Waals surface area contributed by atoms with Gasteiger partial charge in [-0.3, -0.25) is 0 Å². The van der Waals surface area contributed by atoms with E-state index in [9.17, 15) is 4.79 Å². The van der Waals surface area contributed by atoms with Gasteiger partial charge in [0.1, 0.15) is 0 Å². The lowest BCUT2D eigenvalue weighted by molar-refractivity contribution is 0.249. The van der Waals surface area contributed by atoms with Crippen LogP contribution >= 0.6 is 27.5 Å². The SMILES string of the molecule is NC(=O)NN=Cc1ccc(Cl)cc1Br. The van der Waals surface area contributed by atoms with Crippen LogP contribution in [0.25, 0.3) is 0 Å². The van der Waals surface area contributed by atoms with Crippen LogP contribution in [0.3, 0.4) is 0 Å². The molecule has 0 saturated carbocycles. The predicted octanol–water partition coefficient (Wildman–Crippen LogP) is 2.10. The maximum absolute atomic E-state index is 10.3. The number of primary amides is 1. The van der Waals surface area contributed by atoms with Gasteiger partial charge < -0.3 is 5.73 Å². The molecule has 1 aromatic rings. The van der Waals surface area contributed by atoms with Crippen molar-refractivity contribution in [3.63, 3.8) is 0 Å². The average Bonchev–Trinajstić information content (AvgIpc) is 2.08. The van der Waals surface area contributed by atoms with Crippen LogP contribution in [-0.2, 0) is 0 Å². The standard InChI is InChI=1S/C8H7BrClN3O/c9-7-3-6(10)2-1-5(7)4-12-13-8(11)14/h1-4H,(H3,11,13,14). The lowest BCUT2D eigenvalue weighted by Crippen LogP contribution is -2.24. The lowest BCUT2D eigenvalue weighted by Gasteiger charge is -1.98. The summed E-state index contributed by atoms with van der Waals surface area (Å²) in [4.78, 5) is 10.3. The van der Waals surface area contributed by atoms with Crippen LogP contribution < -0.4 is 11.2 Å². The van der Waals surface area contributed by atoms with Gasteiger partial charge in [-0.1, -0.05) is 33.6 Å². The van der Waals surface area contributed by atoms with Gasteiger partial charge in [-0.05, 0) is 12.1 Å². The first-order valence-electron chi connectivity index (χ1n) is 3.63. The molecule has 0 aliphatic heterocycles. The Morgan fingerprint density at radius 3 is 2.93 bits per heavy atom. The van der Waals surface area contributed by atoms with Gasteiger partial charge in [-0.15, -0.1) is 0 Å². The number of benzene rings is 1. The van der Waals surface area contributed by atoms with Crippen molar-refractivity contribution < 1.29 is 4.79 Å². The number of urea groups is 1. The van der Waals surface area contributed by atoms with E-state index in [1.54, 1.807) is 18.2 Å². The number of amides is 2. The molecule has 0 aliphatic carbocycles. The Balaban J connectivity index is 2.76. The number of carbonyl (C=O) groups excluding carboxylic acids is 1. The Labute approximate surface area is 94.2 Å². The van der Waals surface area contributed by atoms with Crippen LogP contribution in [0.2, 0.25) is 5.02 Å². The first-order valence-corrected chi connectivity index (χ1v) is 4.80. The van der Waals surface area contributed by atoms with E-state index in [-0.39, 0.29) is 0 Å². The second-order valence-electron chi connectivity index (χ2n) is 2.40. The summed E-state index contributed by atoms with van der Waals surface area (Å²) in [6.07, 6.45) is 1.46. The summed E-state index contributed by atoms with van der Waals surface area (Å²) in [6.45, 7) is 0. The summed E-state index contributed by atoms with van der Waals surface area (Å²) < 4.78 is 0.792. The second kappa shape index (κ2) is 4.97. The van der Waals surface area contributed by atoms with E-state index in [0.717, 1.165) is 10.0 Å². The van der Waals surface area contributed by atoms with Crippen LogP contribution in [0.15, 0.2) is 27.8 Å². The third-order valence-electron chi connectivity index (χ3n) is 1.34. The number of rotatable bonds is 2. The Morgan fingerprint density at radius 1 is 1.64 bits per heavy atom. The van der Waals surface area contributed by atoms with Gasteiger partial charge in [0.15, 0.2) is 0 Å². The summed E-state index contributed by atoms with van der Waals surface area (Å²) in [5.74, 6) is 0. The fourth-order valence-electron chi connectivity index (χ4n) is 0.772. The fraction of sp³-hybridized carbons (Fsp3) is 0. The van der Waals surface area contributed by atoms with Crippen LogP contribution in [0.4, 0.5) is 4.79 Å². The first-order chi connectivity index (χ1) is 6.59. The number of hydrogen-bond acceptors (Lipinski definition) is 2. The number of carbonyl (C=O) groups is 1. The average molecular weight is 277 g/mol. The number of nitrogens with one attached hydrogen (secondary N) is 1. The number of nitrogens with zero attached hydrogens (tertiary/aromatic N) is 1. The molecule has 0 radical (unpaired) electrons. The normalized spacial score (nSPS) is 10.4. The molecule has 1 aromatic carbocycles. The van der Waals surface area contributed by atoms with Crippen LogP contribution in [0.5, 0.6) is 0 Å². The molecule has 4 nitrogen and oxygen atoms in total. The lowest BCUT2D eigenvalue weighted by atomic mass is 10.2. The number of hydrazone groups is 1. The van der Waals surface area contributed by atoms with Gasteiger partial charge in [-0.25, -0.2) is 10.2 Å². The van der Waals surface area contributed by atoms with E-state index in [4.69, 9.17) is 17.3 Å². The fourth-order valence-corrected chi connectivity index (χ4v) is 1.56. The van der Waals surface area contributed by atoms with Gasteiger partial charge in [0, 0.05) is 15.1 Å². The molecule has 0 unspecified atom stereocenters. The summed E-state index contributed by atoms with van der Waals surface area (Å²) in [5, 5.41) is 4.23. The van der Waals surface area contributed by atoms with Crippen molar-refractivity contribution in [1.82, 2.24) is 5.43 Å². The van der Waals surface area contributed by atoms with Crippen molar-refractivity contribution in [1.29, 1.82) is 0 Å². The first kappa shape index (κ1) is 11.0. The Bertz CT molecular complexity index is 381. The van der Waals surface area contributed by atoms with E-state index >= 15 is 0 Å². The minimum absolute atomic E-state index is 0.622. The minimum atomic E-state index is -0.702. The van der Waals surface area contributed by atoms with Gasteiger partial charge in [-0.2, -0.15) is 5.10 Å². The van der Waals surface area contributed by atoms with Crippen molar-refractivity contribution in [3.05, 3.63) is 33.3 Å². The van der Waals surface area contributed by atoms with Gasteiger partial charge in [0.2, 0.25) is 0 Å². The third-order valence-corrected chi connectivity index (χ3v) is 2.26. The number of nitrogens with two attached hydrogens (primary N) is 1. The van der Waals surface area contributed by atoms with Crippen molar-refractivity contribution in [2.45, 2.75) is 0 Å². The summed E-state index contributed by atoms with van der Waals surface area (Å²) in [5.41, 5.74) is 7.71. The smallest absolute Gasteiger partial charge is 0.332 e.